The van der Waals surface area contributed by atoms with Gasteiger partial charge in [-0.15, -0.1) is 0 Å². The number of hydrogen-bond donors (Lipinski definition) is 2. The van der Waals surface area contributed by atoms with Crippen molar-refractivity contribution in [3.05, 3.63) is 104 Å². The van der Waals surface area contributed by atoms with Gasteiger partial charge in [0, 0.05) is 29.8 Å². The Morgan fingerprint density at radius 1 is 1.03 bits per heavy atom. The second-order valence-electron chi connectivity index (χ2n) is 7.59. The summed E-state index contributed by atoms with van der Waals surface area (Å²) >= 11 is 0. The molecule has 1 atom stereocenters. The summed E-state index contributed by atoms with van der Waals surface area (Å²) in [4.78, 5) is 33.1. The Morgan fingerprint density at radius 3 is 2.42 bits per heavy atom. The molecular formula is C23H20F3N3O2. The highest BCUT2D eigenvalue weighted by atomic mass is 19.4. The number of pyridine rings is 1. The Balaban J connectivity index is 1.59. The molecule has 0 bridgehead atoms. The van der Waals surface area contributed by atoms with Crippen molar-refractivity contribution in [1.82, 2.24) is 15.0 Å². The lowest BCUT2D eigenvalue weighted by Crippen LogP contribution is -2.30. The minimum Gasteiger partial charge on any atom is -0.311 e. The van der Waals surface area contributed by atoms with E-state index in [4.69, 9.17) is 0 Å². The lowest BCUT2D eigenvalue weighted by Gasteiger charge is -2.24. The molecule has 1 aliphatic rings. The summed E-state index contributed by atoms with van der Waals surface area (Å²) in [6.07, 6.45) is 0.961. The number of nitrogens with one attached hydrogen (secondary N) is 2. The molecule has 5 nitrogen and oxygen atoms in total. The Morgan fingerprint density at radius 2 is 1.81 bits per heavy atom. The second-order valence-corrected chi connectivity index (χ2v) is 7.59. The number of allylic oxidation sites excluding steroid dienone is 2. The van der Waals surface area contributed by atoms with Crippen molar-refractivity contribution in [1.29, 1.82) is 0 Å². The average molecular weight is 427 g/mol. The fourth-order valence-corrected chi connectivity index (χ4v) is 3.96. The summed E-state index contributed by atoms with van der Waals surface area (Å²) in [6.45, 7) is 0. The molecule has 2 N–H and O–H groups in total. The molecule has 31 heavy (non-hydrogen) atoms. The molecule has 0 radical (unpaired) electrons. The van der Waals surface area contributed by atoms with E-state index in [1.54, 1.807) is 0 Å². The first-order valence-electron chi connectivity index (χ1n) is 9.93. The quantitative estimate of drug-likeness (QED) is 0.647. The van der Waals surface area contributed by atoms with Gasteiger partial charge in [-0.3, -0.25) is 14.8 Å². The zero-order chi connectivity index (χ0) is 22.0. The lowest BCUT2D eigenvalue weighted by atomic mass is 9.83. The molecule has 0 spiro atoms. The average Bonchev–Trinajstić information content (AvgIpc) is 2.76. The molecule has 0 amide bonds. The minimum atomic E-state index is -4.47. The van der Waals surface area contributed by atoms with E-state index in [-0.39, 0.29) is 5.92 Å². The summed E-state index contributed by atoms with van der Waals surface area (Å²) < 4.78 is 38.2. The molecule has 0 fully saturated rings. The van der Waals surface area contributed by atoms with Gasteiger partial charge in [0.15, 0.2) is 0 Å². The summed E-state index contributed by atoms with van der Waals surface area (Å²) in [5, 5.41) is 0. The molecule has 8 heteroatoms. The van der Waals surface area contributed by atoms with Gasteiger partial charge in [0.1, 0.15) is 5.69 Å². The van der Waals surface area contributed by atoms with Crippen LogP contribution < -0.4 is 11.2 Å². The number of aromatic amines is 2. The SMILES string of the molecule is O=c1[nH]c(C2CC=C(c3ccc(C(F)(F)F)nc3)CC2)c(Cc2ccccc2)c(=O)[nH]1. The standard InChI is InChI=1S/C23H20F3N3O2/c24-23(25,26)19-11-10-17(13-27-19)15-6-8-16(9-7-15)20-18(21(30)29-22(31)28-20)12-14-4-2-1-3-5-14/h1-6,10-11,13,16H,7-9,12H2,(H2,28,29,30,31). The Bertz CT molecular complexity index is 1210. The number of halogens is 3. The molecule has 160 valence electrons. The minimum absolute atomic E-state index is 0.0557. The van der Waals surface area contributed by atoms with E-state index in [1.165, 1.54) is 12.3 Å². The molecule has 1 aromatic carbocycles. The number of aromatic nitrogens is 3. The number of alkyl halides is 3. The molecule has 3 aromatic rings. The third kappa shape index (κ3) is 4.68. The predicted octanol–water partition coefficient (Wildman–Crippen LogP) is 4.42. The van der Waals surface area contributed by atoms with E-state index in [1.807, 2.05) is 36.4 Å². The maximum Gasteiger partial charge on any atom is 0.433 e. The van der Waals surface area contributed by atoms with E-state index in [9.17, 15) is 22.8 Å². The molecule has 2 aromatic heterocycles. The Labute approximate surface area is 175 Å². The third-order valence-electron chi connectivity index (χ3n) is 5.54. The third-order valence-corrected chi connectivity index (χ3v) is 5.54. The Kier molecular flexibility index (Phi) is 5.63. The Hall–Kier alpha value is -3.42. The number of benzene rings is 1. The largest absolute Gasteiger partial charge is 0.433 e. The topological polar surface area (TPSA) is 78.6 Å². The predicted molar refractivity (Wildman–Crippen MR) is 111 cm³/mol. The van der Waals surface area contributed by atoms with Crippen molar-refractivity contribution < 1.29 is 13.2 Å². The van der Waals surface area contributed by atoms with E-state index >= 15 is 0 Å². The second kappa shape index (κ2) is 8.37. The van der Waals surface area contributed by atoms with Gasteiger partial charge < -0.3 is 4.98 Å². The van der Waals surface area contributed by atoms with Gasteiger partial charge in [0.2, 0.25) is 0 Å². The monoisotopic (exact) mass is 427 g/mol. The first-order valence-corrected chi connectivity index (χ1v) is 9.93. The molecule has 0 saturated heterocycles. The van der Waals surface area contributed by atoms with Gasteiger partial charge in [0.25, 0.3) is 5.56 Å². The highest BCUT2D eigenvalue weighted by Crippen LogP contribution is 2.36. The lowest BCUT2D eigenvalue weighted by molar-refractivity contribution is -0.141. The number of H-pyrrole nitrogens is 2. The van der Waals surface area contributed by atoms with Crippen LogP contribution in [-0.4, -0.2) is 15.0 Å². The van der Waals surface area contributed by atoms with Crippen LogP contribution in [0.1, 0.15) is 53.3 Å². The molecular weight excluding hydrogens is 407 g/mol. The van der Waals surface area contributed by atoms with Crippen molar-refractivity contribution in [2.45, 2.75) is 37.8 Å². The van der Waals surface area contributed by atoms with Gasteiger partial charge in [-0.05, 0) is 42.0 Å². The molecule has 0 saturated carbocycles. The summed E-state index contributed by atoms with van der Waals surface area (Å²) in [5.74, 6) is -0.0557. The number of nitrogens with zero attached hydrogens (tertiary/aromatic N) is 1. The van der Waals surface area contributed by atoms with Crippen molar-refractivity contribution in [3.63, 3.8) is 0 Å². The fourth-order valence-electron chi connectivity index (χ4n) is 3.96. The van der Waals surface area contributed by atoms with Gasteiger partial charge in [-0.1, -0.05) is 42.5 Å². The van der Waals surface area contributed by atoms with Crippen LogP contribution in [0.5, 0.6) is 0 Å². The van der Waals surface area contributed by atoms with Gasteiger partial charge in [-0.25, -0.2) is 4.79 Å². The van der Waals surface area contributed by atoms with Crippen LogP contribution in [-0.2, 0) is 12.6 Å². The first-order chi connectivity index (χ1) is 14.8. The molecule has 2 heterocycles. The molecule has 0 aliphatic heterocycles. The van der Waals surface area contributed by atoms with Crippen LogP contribution in [0.3, 0.4) is 0 Å². The maximum absolute atomic E-state index is 12.7. The van der Waals surface area contributed by atoms with Gasteiger partial charge in [-0.2, -0.15) is 13.2 Å². The van der Waals surface area contributed by atoms with Crippen molar-refractivity contribution >= 4 is 5.57 Å². The van der Waals surface area contributed by atoms with Gasteiger partial charge >= 0.3 is 11.9 Å². The molecule has 1 unspecified atom stereocenters. The highest BCUT2D eigenvalue weighted by molar-refractivity contribution is 5.66. The molecule has 1 aliphatic carbocycles. The van der Waals surface area contributed by atoms with Gasteiger partial charge in [0.05, 0.1) is 0 Å². The van der Waals surface area contributed by atoms with Crippen LogP contribution in [0.25, 0.3) is 5.57 Å². The first kappa shape index (κ1) is 20.8. The number of rotatable bonds is 4. The van der Waals surface area contributed by atoms with Crippen molar-refractivity contribution in [3.8, 4) is 0 Å². The van der Waals surface area contributed by atoms with E-state index in [0.717, 1.165) is 17.2 Å². The van der Waals surface area contributed by atoms with Crippen molar-refractivity contribution in [2.24, 2.45) is 0 Å². The van der Waals surface area contributed by atoms with Crippen LogP contribution in [0.2, 0.25) is 0 Å². The molecule has 4 rings (SSSR count). The summed E-state index contributed by atoms with van der Waals surface area (Å²) in [6, 6.07) is 11.9. The smallest absolute Gasteiger partial charge is 0.311 e. The highest BCUT2D eigenvalue weighted by Gasteiger charge is 2.32. The zero-order valence-corrected chi connectivity index (χ0v) is 16.5. The summed E-state index contributed by atoms with van der Waals surface area (Å²) in [7, 11) is 0. The van der Waals surface area contributed by atoms with Crippen LogP contribution >= 0.6 is 0 Å². The zero-order valence-electron chi connectivity index (χ0n) is 16.5. The van der Waals surface area contributed by atoms with Crippen LogP contribution in [0.4, 0.5) is 13.2 Å². The maximum atomic E-state index is 12.7. The van der Waals surface area contributed by atoms with E-state index < -0.39 is 23.1 Å². The van der Waals surface area contributed by atoms with Crippen LogP contribution in [0, 0.1) is 0 Å². The number of hydrogen-bond acceptors (Lipinski definition) is 3. The normalized spacial score (nSPS) is 16.7. The fraction of sp³-hybridized carbons (Fsp3) is 0.261. The van der Waals surface area contributed by atoms with E-state index in [2.05, 4.69) is 15.0 Å². The summed E-state index contributed by atoms with van der Waals surface area (Å²) in [5.41, 5.74) is 1.82. The van der Waals surface area contributed by atoms with Crippen LogP contribution in [0.15, 0.2) is 64.3 Å². The van der Waals surface area contributed by atoms with E-state index in [0.29, 0.717) is 42.5 Å². The van der Waals surface area contributed by atoms with Crippen molar-refractivity contribution in [2.75, 3.05) is 0 Å².